The average molecular weight is 589 g/mol. The fourth-order valence-corrected chi connectivity index (χ4v) is 7.91. The zero-order chi connectivity index (χ0) is 30.1. The molecule has 0 amide bonds. The van der Waals surface area contributed by atoms with Crippen molar-refractivity contribution >= 4 is 54.9 Å². The number of para-hydroxylation sites is 2. The Labute approximate surface area is 259 Å². The average Bonchev–Trinajstić information content (AvgIpc) is 3.69. The maximum Gasteiger partial charge on any atom is 0.150 e. The van der Waals surface area contributed by atoms with Crippen LogP contribution in [0, 0.1) is 0 Å². The van der Waals surface area contributed by atoms with Gasteiger partial charge in [0.2, 0.25) is 0 Å². The molecule has 0 atom stereocenters. The predicted octanol–water partition coefficient (Wildman–Crippen LogP) is 8.62. The molecule has 0 unspecified atom stereocenters. The topological polar surface area (TPSA) is 69.6 Å². The number of aryl methyl sites for hydroxylation is 4. The van der Waals surface area contributed by atoms with Gasteiger partial charge >= 0.3 is 0 Å². The lowest BCUT2D eigenvalue weighted by Gasteiger charge is -2.22. The molecule has 0 aliphatic carbocycles. The molecule has 10 rings (SSSR count). The van der Waals surface area contributed by atoms with Crippen LogP contribution in [-0.2, 0) is 25.7 Å². The van der Waals surface area contributed by atoms with Crippen LogP contribution in [0.2, 0.25) is 0 Å². The summed E-state index contributed by atoms with van der Waals surface area (Å²) in [5, 5.41) is 4.35. The molecular formula is C38H32N6O. The van der Waals surface area contributed by atoms with Gasteiger partial charge in [-0.1, -0.05) is 64.1 Å². The summed E-state index contributed by atoms with van der Waals surface area (Å²) in [6.45, 7) is 8.74. The number of fused-ring (bicyclic) bond motifs is 6. The molecule has 8 aromatic rings. The molecule has 0 fully saturated rings. The number of imidazole rings is 2. The summed E-state index contributed by atoms with van der Waals surface area (Å²) in [5.74, 6) is 1.81. The second kappa shape index (κ2) is 8.78. The molecule has 2 aliphatic heterocycles. The van der Waals surface area contributed by atoms with E-state index in [4.69, 9.17) is 24.7 Å². The first-order valence-electron chi connectivity index (χ1n) is 16.1. The van der Waals surface area contributed by atoms with Crippen molar-refractivity contribution in [1.29, 1.82) is 0 Å². The molecule has 0 spiro atoms. The SMILES string of the molecule is CC(C)c1nc2c(cc1Oc1cc3c(nc1C(C)C)c1cccc4c1n1c(cnc31)CC4)c1ncc3n1c1c(cccc21)CC3. The Hall–Kier alpha value is -5.04. The first-order valence-corrected chi connectivity index (χ1v) is 16.1. The van der Waals surface area contributed by atoms with E-state index in [-0.39, 0.29) is 11.8 Å². The van der Waals surface area contributed by atoms with Gasteiger partial charge in [-0.25, -0.2) is 19.9 Å². The van der Waals surface area contributed by atoms with Gasteiger partial charge < -0.3 is 4.74 Å². The highest BCUT2D eigenvalue weighted by Gasteiger charge is 2.26. The number of ether oxygens (including phenoxy) is 1. The Morgan fingerprint density at radius 1 is 0.600 bits per heavy atom. The highest BCUT2D eigenvalue weighted by Crippen LogP contribution is 2.42. The van der Waals surface area contributed by atoms with Crippen molar-refractivity contribution in [1.82, 2.24) is 28.7 Å². The van der Waals surface area contributed by atoms with Gasteiger partial charge in [-0.3, -0.25) is 8.80 Å². The van der Waals surface area contributed by atoms with E-state index in [0.717, 1.165) is 81.7 Å². The van der Waals surface area contributed by atoms with Crippen LogP contribution in [0.25, 0.3) is 54.9 Å². The van der Waals surface area contributed by atoms with Gasteiger partial charge in [-0.15, -0.1) is 0 Å². The highest BCUT2D eigenvalue weighted by molar-refractivity contribution is 6.12. The van der Waals surface area contributed by atoms with Gasteiger partial charge in [0.1, 0.15) is 22.8 Å². The third-order valence-electron chi connectivity index (χ3n) is 9.99. The van der Waals surface area contributed by atoms with E-state index < -0.39 is 0 Å². The van der Waals surface area contributed by atoms with Crippen molar-refractivity contribution in [3.63, 3.8) is 0 Å². The van der Waals surface area contributed by atoms with Gasteiger partial charge in [0.05, 0.1) is 33.5 Å². The summed E-state index contributed by atoms with van der Waals surface area (Å²) >= 11 is 0. The van der Waals surface area contributed by atoms with Gasteiger partial charge in [0.25, 0.3) is 0 Å². The Kier molecular flexibility index (Phi) is 4.94. The smallest absolute Gasteiger partial charge is 0.150 e. The lowest BCUT2D eigenvalue weighted by atomic mass is 9.98. The van der Waals surface area contributed by atoms with Crippen molar-refractivity contribution < 1.29 is 4.74 Å². The minimum atomic E-state index is 0.153. The molecule has 0 saturated carbocycles. The lowest BCUT2D eigenvalue weighted by Crippen LogP contribution is -2.09. The minimum absolute atomic E-state index is 0.153. The Morgan fingerprint density at radius 3 is 1.51 bits per heavy atom. The number of pyridine rings is 4. The fourth-order valence-electron chi connectivity index (χ4n) is 7.91. The van der Waals surface area contributed by atoms with Gasteiger partial charge in [-0.05, 0) is 60.8 Å². The Bertz CT molecular complexity index is 2410. The van der Waals surface area contributed by atoms with Crippen LogP contribution in [0.4, 0.5) is 0 Å². The first-order chi connectivity index (χ1) is 22.0. The van der Waals surface area contributed by atoms with Crippen LogP contribution in [0.1, 0.15) is 73.4 Å². The second-order valence-electron chi connectivity index (χ2n) is 13.4. The second-order valence-corrected chi connectivity index (χ2v) is 13.4. The molecule has 0 bridgehead atoms. The van der Waals surface area contributed by atoms with E-state index in [0.29, 0.717) is 0 Å². The van der Waals surface area contributed by atoms with E-state index in [1.165, 1.54) is 44.3 Å². The summed E-state index contributed by atoms with van der Waals surface area (Å²) in [6, 6.07) is 17.5. The molecule has 220 valence electrons. The van der Waals surface area contributed by atoms with Gasteiger partial charge in [-0.2, -0.15) is 0 Å². The van der Waals surface area contributed by atoms with Crippen LogP contribution in [0.5, 0.6) is 11.5 Å². The van der Waals surface area contributed by atoms with E-state index in [2.05, 4.69) is 85.0 Å². The van der Waals surface area contributed by atoms with E-state index in [1.54, 1.807) is 0 Å². The van der Waals surface area contributed by atoms with Crippen LogP contribution in [0.15, 0.2) is 60.9 Å². The van der Waals surface area contributed by atoms with E-state index in [9.17, 15) is 0 Å². The largest absolute Gasteiger partial charge is 0.453 e. The lowest BCUT2D eigenvalue weighted by molar-refractivity contribution is 0.458. The number of hydrogen-bond donors (Lipinski definition) is 0. The fraction of sp³-hybridized carbons (Fsp3) is 0.263. The molecule has 0 saturated heterocycles. The molecule has 8 heterocycles. The van der Waals surface area contributed by atoms with E-state index in [1.807, 2.05) is 12.4 Å². The Morgan fingerprint density at radius 2 is 1.07 bits per heavy atom. The molecule has 0 N–H and O–H groups in total. The molecule has 7 heteroatoms. The van der Waals surface area contributed by atoms with Gasteiger partial charge in [0, 0.05) is 45.3 Å². The van der Waals surface area contributed by atoms with Crippen LogP contribution < -0.4 is 4.74 Å². The summed E-state index contributed by atoms with van der Waals surface area (Å²) in [5.41, 5.74) is 13.4. The van der Waals surface area contributed by atoms with Gasteiger partial charge in [0.15, 0.2) is 0 Å². The zero-order valence-electron chi connectivity index (χ0n) is 25.8. The van der Waals surface area contributed by atoms with Crippen LogP contribution in [-0.4, -0.2) is 28.7 Å². The third kappa shape index (κ3) is 3.30. The van der Waals surface area contributed by atoms with Crippen molar-refractivity contribution in [2.75, 3.05) is 0 Å². The molecule has 2 aromatic carbocycles. The monoisotopic (exact) mass is 588 g/mol. The number of nitrogens with zero attached hydrogens (tertiary/aromatic N) is 6. The zero-order valence-corrected chi connectivity index (χ0v) is 25.8. The third-order valence-corrected chi connectivity index (χ3v) is 9.99. The molecule has 7 nitrogen and oxygen atoms in total. The number of rotatable bonds is 4. The van der Waals surface area contributed by atoms with Crippen molar-refractivity contribution in [3.8, 4) is 11.5 Å². The molecule has 45 heavy (non-hydrogen) atoms. The van der Waals surface area contributed by atoms with Crippen molar-refractivity contribution in [2.45, 2.75) is 65.2 Å². The highest BCUT2D eigenvalue weighted by atomic mass is 16.5. The number of hydrogen-bond acceptors (Lipinski definition) is 5. The molecular weight excluding hydrogens is 556 g/mol. The van der Waals surface area contributed by atoms with Crippen molar-refractivity contribution in [3.05, 3.63) is 94.8 Å². The summed E-state index contributed by atoms with van der Waals surface area (Å²) in [7, 11) is 0. The van der Waals surface area contributed by atoms with Crippen LogP contribution in [0.3, 0.4) is 0 Å². The summed E-state index contributed by atoms with van der Waals surface area (Å²) in [4.78, 5) is 20.6. The number of aromatic nitrogens is 6. The predicted molar refractivity (Wildman–Crippen MR) is 179 cm³/mol. The van der Waals surface area contributed by atoms with E-state index >= 15 is 0 Å². The molecule has 0 radical (unpaired) electrons. The maximum absolute atomic E-state index is 6.99. The van der Waals surface area contributed by atoms with Crippen LogP contribution >= 0.6 is 0 Å². The Balaban J connectivity index is 1.26. The molecule has 2 aliphatic rings. The summed E-state index contributed by atoms with van der Waals surface area (Å²) < 4.78 is 11.7. The van der Waals surface area contributed by atoms with Crippen molar-refractivity contribution in [2.24, 2.45) is 0 Å². The maximum atomic E-state index is 6.99. The molecule has 6 aromatic heterocycles. The minimum Gasteiger partial charge on any atom is -0.453 e. The standard InChI is InChI=1S/C38H32N6O/c1-19(2)31-29(15-27-33(41-31)25-9-5-7-21-11-13-23-17-39-37(27)43(23)35(21)25)45-30-16-28-34(42-32(30)20(3)4)26-10-6-8-22-12-14-24-18-40-38(28)44(24)36(22)26/h5-10,15-20H,11-14H2,1-4H3. The number of benzene rings is 2. The summed E-state index contributed by atoms with van der Waals surface area (Å²) in [6.07, 6.45) is 8.08. The normalized spacial score (nSPS) is 14.3. The quantitative estimate of drug-likeness (QED) is 0.193. The first kappa shape index (κ1) is 25.3.